The third-order valence-corrected chi connectivity index (χ3v) is 8.44. The highest BCUT2D eigenvalue weighted by Gasteiger charge is 2.32. The molecule has 2 amide bonds. The summed E-state index contributed by atoms with van der Waals surface area (Å²) in [4.78, 5) is 21.6. The number of carbonyl (C=O) groups is 1. The van der Waals surface area contributed by atoms with Gasteiger partial charge in [0, 0.05) is 42.0 Å². The van der Waals surface area contributed by atoms with Crippen molar-refractivity contribution >= 4 is 23.6 Å². The second-order valence-electron chi connectivity index (χ2n) is 11.2. The van der Waals surface area contributed by atoms with E-state index in [1.165, 1.54) is 36.9 Å². The van der Waals surface area contributed by atoms with E-state index in [1.807, 2.05) is 12.1 Å². The molecular formula is C29H38N8O. The minimum absolute atomic E-state index is 0.0329. The van der Waals surface area contributed by atoms with Gasteiger partial charge in [0.2, 0.25) is 5.95 Å². The van der Waals surface area contributed by atoms with Crippen LogP contribution in [0.15, 0.2) is 48.7 Å². The van der Waals surface area contributed by atoms with Gasteiger partial charge in [-0.1, -0.05) is 43.2 Å². The van der Waals surface area contributed by atoms with E-state index in [4.69, 9.17) is 0 Å². The molecule has 0 unspecified atom stereocenters. The van der Waals surface area contributed by atoms with E-state index in [2.05, 4.69) is 71.8 Å². The normalized spacial score (nSPS) is 25.4. The van der Waals surface area contributed by atoms with Crippen LogP contribution >= 0.6 is 0 Å². The maximum Gasteiger partial charge on any atom is 0.315 e. The number of anilines is 3. The summed E-state index contributed by atoms with van der Waals surface area (Å²) in [6, 6.07) is 15.3. The number of hydrogen-bond donors (Lipinski definition) is 5. The molecule has 3 aliphatic carbocycles. The summed E-state index contributed by atoms with van der Waals surface area (Å²) < 4.78 is 0. The van der Waals surface area contributed by atoms with Gasteiger partial charge in [-0.15, -0.1) is 0 Å². The van der Waals surface area contributed by atoms with Crippen LogP contribution in [-0.4, -0.2) is 44.3 Å². The summed E-state index contributed by atoms with van der Waals surface area (Å²) in [5, 5.41) is 20.7. The molecule has 3 aliphatic rings. The van der Waals surface area contributed by atoms with E-state index >= 15 is 0 Å². The van der Waals surface area contributed by atoms with Gasteiger partial charge in [-0.05, 0) is 68.9 Å². The first kappa shape index (κ1) is 24.7. The summed E-state index contributed by atoms with van der Waals surface area (Å²) in [7, 11) is 0. The molecule has 3 aromatic rings. The molecule has 0 radical (unpaired) electrons. The van der Waals surface area contributed by atoms with E-state index in [-0.39, 0.29) is 18.1 Å². The van der Waals surface area contributed by atoms with E-state index in [0.717, 1.165) is 50.2 Å². The Kier molecular flexibility index (Phi) is 7.42. The molecular weight excluding hydrogens is 476 g/mol. The van der Waals surface area contributed by atoms with Gasteiger partial charge in [-0.3, -0.25) is 5.10 Å². The first-order valence-electron chi connectivity index (χ1n) is 14.2. The Hall–Kier alpha value is -3.62. The number of carbonyl (C=O) groups excluding carboxylic acids is 1. The van der Waals surface area contributed by atoms with E-state index in [1.54, 1.807) is 6.20 Å². The molecule has 1 aromatic carbocycles. The maximum absolute atomic E-state index is 12.5. The molecule has 2 heterocycles. The van der Waals surface area contributed by atoms with Crippen molar-refractivity contribution in [1.82, 2.24) is 30.8 Å². The van der Waals surface area contributed by atoms with Crippen molar-refractivity contribution in [3.05, 3.63) is 59.9 Å². The Balaban J connectivity index is 0.917. The quantitative estimate of drug-likeness (QED) is 0.268. The number of benzene rings is 1. The highest BCUT2D eigenvalue weighted by atomic mass is 16.2. The van der Waals surface area contributed by atoms with E-state index in [0.29, 0.717) is 23.8 Å². The highest BCUT2D eigenvalue weighted by Crippen LogP contribution is 2.37. The van der Waals surface area contributed by atoms with Crippen LogP contribution in [0.2, 0.25) is 0 Å². The van der Waals surface area contributed by atoms with E-state index < -0.39 is 0 Å². The fraction of sp³-hybridized carbons (Fsp3) is 0.517. The van der Waals surface area contributed by atoms with Gasteiger partial charge in [0.15, 0.2) is 5.82 Å². The molecule has 3 saturated carbocycles. The summed E-state index contributed by atoms with van der Waals surface area (Å²) in [5.74, 6) is 3.30. The molecule has 0 aliphatic heterocycles. The Bertz CT molecular complexity index is 1190. The second-order valence-corrected chi connectivity index (χ2v) is 11.2. The topological polar surface area (TPSA) is 120 Å². The first-order chi connectivity index (χ1) is 18.7. The number of urea groups is 1. The minimum Gasteiger partial charge on any atom is -0.351 e. The first-order valence-corrected chi connectivity index (χ1v) is 14.2. The zero-order chi connectivity index (χ0) is 25.7. The number of nitrogens with zero attached hydrogens (tertiary/aromatic N) is 3. The summed E-state index contributed by atoms with van der Waals surface area (Å²) >= 11 is 0. The Labute approximate surface area is 224 Å². The lowest BCUT2D eigenvalue weighted by molar-refractivity contribution is 0.214. The molecule has 38 heavy (non-hydrogen) atoms. The maximum atomic E-state index is 12.5. The fourth-order valence-corrected chi connectivity index (χ4v) is 6.19. The van der Waals surface area contributed by atoms with Crippen LogP contribution in [0.3, 0.4) is 0 Å². The molecule has 0 saturated heterocycles. The van der Waals surface area contributed by atoms with Crippen LogP contribution in [-0.2, 0) is 0 Å². The highest BCUT2D eigenvalue weighted by molar-refractivity contribution is 5.74. The lowest BCUT2D eigenvalue weighted by Gasteiger charge is -2.37. The Morgan fingerprint density at radius 1 is 0.816 bits per heavy atom. The number of hydrogen-bond acceptors (Lipinski definition) is 6. The van der Waals surface area contributed by atoms with Crippen molar-refractivity contribution in [2.75, 3.05) is 10.6 Å². The van der Waals surface area contributed by atoms with Gasteiger partial charge in [-0.2, -0.15) is 10.1 Å². The molecule has 9 heteroatoms. The average Bonchev–Trinajstić information content (AvgIpc) is 3.60. The Morgan fingerprint density at radius 3 is 2.34 bits per heavy atom. The SMILES string of the molecule is O=C(NC1CC(c2ccccc2)C1)N[C@H]1CC[C@H](Nc2nccc(Nc3cc(C4CCCC4)[nH]n3)n2)CC1. The van der Waals surface area contributed by atoms with Gasteiger partial charge >= 0.3 is 6.03 Å². The van der Waals surface area contributed by atoms with Gasteiger partial charge < -0.3 is 21.3 Å². The number of nitrogens with one attached hydrogen (secondary N) is 5. The van der Waals surface area contributed by atoms with Gasteiger partial charge in [0.1, 0.15) is 5.82 Å². The third kappa shape index (κ3) is 6.09. The summed E-state index contributed by atoms with van der Waals surface area (Å²) in [5.41, 5.74) is 2.58. The molecule has 6 rings (SSSR count). The predicted molar refractivity (Wildman–Crippen MR) is 149 cm³/mol. The lowest BCUT2D eigenvalue weighted by Crippen LogP contribution is -2.51. The molecule has 0 atom stereocenters. The summed E-state index contributed by atoms with van der Waals surface area (Å²) in [6.45, 7) is 0. The van der Waals surface area contributed by atoms with Crippen molar-refractivity contribution in [1.29, 1.82) is 0 Å². The second kappa shape index (κ2) is 11.4. The number of aromatic nitrogens is 4. The molecule has 3 fully saturated rings. The smallest absolute Gasteiger partial charge is 0.315 e. The van der Waals surface area contributed by atoms with Gasteiger partial charge in [0.25, 0.3) is 0 Å². The number of amides is 2. The lowest BCUT2D eigenvalue weighted by atomic mass is 9.76. The molecule has 0 spiro atoms. The predicted octanol–water partition coefficient (Wildman–Crippen LogP) is 5.57. The molecule has 5 N–H and O–H groups in total. The average molecular weight is 515 g/mol. The number of rotatable bonds is 8. The summed E-state index contributed by atoms with van der Waals surface area (Å²) in [6.07, 6.45) is 12.7. The van der Waals surface area contributed by atoms with Crippen LogP contribution < -0.4 is 21.3 Å². The van der Waals surface area contributed by atoms with Crippen molar-refractivity contribution < 1.29 is 4.79 Å². The van der Waals surface area contributed by atoms with Crippen LogP contribution in [0.25, 0.3) is 0 Å². The van der Waals surface area contributed by atoms with Crippen molar-refractivity contribution in [3.8, 4) is 0 Å². The van der Waals surface area contributed by atoms with Crippen molar-refractivity contribution in [3.63, 3.8) is 0 Å². The molecule has 9 nitrogen and oxygen atoms in total. The fourth-order valence-electron chi connectivity index (χ4n) is 6.19. The van der Waals surface area contributed by atoms with Crippen LogP contribution in [0.1, 0.15) is 87.3 Å². The number of aromatic amines is 1. The largest absolute Gasteiger partial charge is 0.351 e. The van der Waals surface area contributed by atoms with Crippen LogP contribution in [0, 0.1) is 0 Å². The van der Waals surface area contributed by atoms with Gasteiger partial charge in [0.05, 0.1) is 0 Å². The molecule has 2 aromatic heterocycles. The zero-order valence-corrected chi connectivity index (χ0v) is 21.8. The third-order valence-electron chi connectivity index (χ3n) is 8.44. The van der Waals surface area contributed by atoms with Crippen molar-refractivity contribution in [2.24, 2.45) is 0 Å². The zero-order valence-electron chi connectivity index (χ0n) is 21.8. The Morgan fingerprint density at radius 2 is 1.55 bits per heavy atom. The molecule has 0 bridgehead atoms. The van der Waals surface area contributed by atoms with Crippen molar-refractivity contribution in [2.45, 2.75) is 94.2 Å². The number of H-pyrrole nitrogens is 1. The standard InChI is InChI=1S/C29H38N8O/c38-29(33-24-16-21(17-24)19-6-2-1-3-7-19)32-23-12-10-22(11-13-23)31-28-30-15-14-26(35-28)34-27-18-25(36-37-27)20-8-4-5-9-20/h1-3,6-7,14-15,18,20-24H,4-5,8-13,16-17H2,(H2,32,33,38)(H3,30,31,34,35,36,37)/t21?,22-,23-,24?. The van der Waals surface area contributed by atoms with Crippen LogP contribution in [0.5, 0.6) is 0 Å². The minimum atomic E-state index is -0.0329. The van der Waals surface area contributed by atoms with Gasteiger partial charge in [-0.25, -0.2) is 9.78 Å². The van der Waals surface area contributed by atoms with E-state index in [9.17, 15) is 4.79 Å². The monoisotopic (exact) mass is 514 g/mol. The van der Waals surface area contributed by atoms with Crippen LogP contribution in [0.4, 0.5) is 22.4 Å². The molecule has 200 valence electrons.